The van der Waals surface area contributed by atoms with E-state index in [1.165, 1.54) is 0 Å². The van der Waals surface area contributed by atoms with E-state index in [9.17, 15) is 4.79 Å². The summed E-state index contributed by atoms with van der Waals surface area (Å²) in [6.07, 6.45) is 3.88. The molecule has 0 aromatic heterocycles. The number of nitriles is 1. The third kappa shape index (κ3) is 3.28. The van der Waals surface area contributed by atoms with E-state index in [4.69, 9.17) is 21.5 Å². The highest BCUT2D eigenvalue weighted by atomic mass is 16.5. The molecule has 2 aromatic carbocycles. The van der Waals surface area contributed by atoms with Gasteiger partial charge in [0.15, 0.2) is 5.96 Å². The molecule has 0 bridgehead atoms. The molecule has 0 radical (unpaired) electrons. The molecule has 0 spiro atoms. The summed E-state index contributed by atoms with van der Waals surface area (Å²) in [5, 5.41) is 9.10. The maximum atomic E-state index is 12.2. The number of nitrogens with two attached hydrogens (primary N) is 2. The van der Waals surface area contributed by atoms with E-state index < -0.39 is 5.91 Å². The first-order valence-electron chi connectivity index (χ1n) is 8.09. The number of carbonyl (C=O) groups excluding carboxylic acids is 1. The lowest BCUT2D eigenvalue weighted by Crippen LogP contribution is -2.24. The average Bonchev–Trinajstić information content (AvgIpc) is 2.66. The zero-order valence-corrected chi connectivity index (χ0v) is 14.3. The summed E-state index contributed by atoms with van der Waals surface area (Å²) in [6, 6.07) is 12.9. The largest absolute Gasteiger partial charge is 0.496 e. The van der Waals surface area contributed by atoms with Crippen molar-refractivity contribution in [2.24, 2.45) is 16.5 Å². The molecule has 1 aliphatic carbocycles. The Kier molecular flexibility index (Phi) is 4.72. The van der Waals surface area contributed by atoms with Gasteiger partial charge in [0.25, 0.3) is 5.91 Å². The number of rotatable bonds is 3. The molecule has 130 valence electrons. The lowest BCUT2D eigenvalue weighted by molar-refractivity contribution is 0.100. The van der Waals surface area contributed by atoms with Crippen molar-refractivity contribution in [3.05, 3.63) is 70.3 Å². The fraction of sp³-hybridized carbons (Fsp3) is 0.150. The number of benzene rings is 2. The summed E-state index contributed by atoms with van der Waals surface area (Å²) in [4.78, 5) is 15.8. The van der Waals surface area contributed by atoms with Gasteiger partial charge in [-0.2, -0.15) is 10.3 Å². The summed E-state index contributed by atoms with van der Waals surface area (Å²) >= 11 is 0. The standard InChI is InChI=1S/C20H18N4O2/c1-26-18-9-12(11-21)5-8-16(18)15-4-2-3-13-6-7-14(10-17(13)15)19(25)24-20(22)23/h4-10H,2-3H2,1H3,(H4,22,23,24,25). The van der Waals surface area contributed by atoms with Crippen molar-refractivity contribution in [2.75, 3.05) is 7.11 Å². The molecule has 3 rings (SSSR count). The number of carbonyl (C=O) groups is 1. The molecule has 0 aliphatic heterocycles. The Morgan fingerprint density at radius 3 is 2.69 bits per heavy atom. The minimum atomic E-state index is -0.482. The van der Waals surface area contributed by atoms with Crippen LogP contribution in [0.4, 0.5) is 0 Å². The first kappa shape index (κ1) is 17.2. The van der Waals surface area contributed by atoms with Crippen LogP contribution >= 0.6 is 0 Å². The van der Waals surface area contributed by atoms with Crippen molar-refractivity contribution in [2.45, 2.75) is 12.8 Å². The highest BCUT2D eigenvalue weighted by molar-refractivity contribution is 6.03. The smallest absolute Gasteiger partial charge is 0.280 e. The first-order chi connectivity index (χ1) is 12.5. The van der Waals surface area contributed by atoms with E-state index >= 15 is 0 Å². The Hall–Kier alpha value is -3.59. The van der Waals surface area contributed by atoms with Gasteiger partial charge in [0.05, 0.1) is 18.7 Å². The highest BCUT2D eigenvalue weighted by Gasteiger charge is 2.19. The Bertz CT molecular complexity index is 980. The van der Waals surface area contributed by atoms with Gasteiger partial charge >= 0.3 is 0 Å². The second-order valence-corrected chi connectivity index (χ2v) is 5.90. The summed E-state index contributed by atoms with van der Waals surface area (Å²) in [6.45, 7) is 0. The second-order valence-electron chi connectivity index (χ2n) is 5.90. The Labute approximate surface area is 151 Å². The number of aliphatic imine (C=N–C) groups is 1. The van der Waals surface area contributed by atoms with Crippen LogP contribution < -0.4 is 16.2 Å². The van der Waals surface area contributed by atoms with E-state index in [-0.39, 0.29) is 5.96 Å². The zero-order chi connectivity index (χ0) is 18.7. The predicted molar refractivity (Wildman–Crippen MR) is 99.7 cm³/mol. The second kappa shape index (κ2) is 7.11. The summed E-state index contributed by atoms with van der Waals surface area (Å²) in [5.74, 6) is -0.133. The van der Waals surface area contributed by atoms with E-state index in [1.54, 1.807) is 31.4 Å². The predicted octanol–water partition coefficient (Wildman–Crippen LogP) is 2.36. The SMILES string of the molecule is COc1cc(C#N)ccc1C1=CCCc2ccc(C(=O)N=C(N)N)cc21. The van der Waals surface area contributed by atoms with Crippen LogP contribution in [0.15, 0.2) is 47.5 Å². The van der Waals surface area contributed by atoms with Crippen LogP contribution in [-0.4, -0.2) is 19.0 Å². The molecule has 0 unspecified atom stereocenters. The number of allylic oxidation sites excluding steroid dienone is 1. The number of nitrogens with zero attached hydrogens (tertiary/aromatic N) is 2. The van der Waals surface area contributed by atoms with Gasteiger partial charge < -0.3 is 16.2 Å². The number of fused-ring (bicyclic) bond motifs is 1. The van der Waals surface area contributed by atoms with Gasteiger partial charge in [0.1, 0.15) is 5.75 Å². The lowest BCUT2D eigenvalue weighted by atomic mass is 9.85. The average molecular weight is 346 g/mol. The van der Waals surface area contributed by atoms with Gasteiger partial charge in [-0.25, -0.2) is 0 Å². The fourth-order valence-electron chi connectivity index (χ4n) is 3.08. The molecule has 0 heterocycles. The van der Waals surface area contributed by atoms with Gasteiger partial charge in [0.2, 0.25) is 0 Å². The zero-order valence-electron chi connectivity index (χ0n) is 14.3. The molecule has 1 aliphatic rings. The van der Waals surface area contributed by atoms with Crippen molar-refractivity contribution in [1.82, 2.24) is 0 Å². The summed E-state index contributed by atoms with van der Waals surface area (Å²) in [5.41, 5.74) is 15.5. The number of hydrogen-bond acceptors (Lipinski definition) is 3. The van der Waals surface area contributed by atoms with E-state index in [2.05, 4.69) is 17.1 Å². The first-order valence-corrected chi connectivity index (χ1v) is 8.09. The van der Waals surface area contributed by atoms with Crippen molar-refractivity contribution >= 4 is 17.4 Å². The normalized spacial score (nSPS) is 12.4. The van der Waals surface area contributed by atoms with Gasteiger partial charge in [-0.1, -0.05) is 12.1 Å². The molecule has 2 aromatic rings. The Morgan fingerprint density at radius 2 is 2.00 bits per heavy atom. The van der Waals surface area contributed by atoms with Crippen molar-refractivity contribution < 1.29 is 9.53 Å². The maximum absolute atomic E-state index is 12.2. The summed E-state index contributed by atoms with van der Waals surface area (Å²) in [7, 11) is 1.57. The third-order valence-electron chi connectivity index (χ3n) is 4.26. The van der Waals surface area contributed by atoms with Crippen LogP contribution in [0.2, 0.25) is 0 Å². The highest BCUT2D eigenvalue weighted by Crippen LogP contribution is 2.37. The molecule has 1 amide bonds. The Balaban J connectivity index is 2.11. The Morgan fingerprint density at radius 1 is 1.19 bits per heavy atom. The molecule has 6 heteroatoms. The minimum Gasteiger partial charge on any atom is -0.496 e. The van der Waals surface area contributed by atoms with Gasteiger partial charge in [0, 0.05) is 11.1 Å². The van der Waals surface area contributed by atoms with Crippen LogP contribution in [0.25, 0.3) is 5.57 Å². The molecule has 0 atom stereocenters. The number of ether oxygens (including phenoxy) is 1. The van der Waals surface area contributed by atoms with Crippen LogP contribution in [0.3, 0.4) is 0 Å². The van der Waals surface area contributed by atoms with Crippen LogP contribution in [0.1, 0.15) is 39.0 Å². The maximum Gasteiger partial charge on any atom is 0.280 e. The summed E-state index contributed by atoms with van der Waals surface area (Å²) < 4.78 is 5.47. The monoisotopic (exact) mass is 346 g/mol. The molecule has 6 nitrogen and oxygen atoms in total. The van der Waals surface area contributed by atoms with Crippen molar-refractivity contribution in [3.63, 3.8) is 0 Å². The number of amides is 1. The van der Waals surface area contributed by atoms with E-state index in [0.29, 0.717) is 16.9 Å². The van der Waals surface area contributed by atoms with Crippen LogP contribution in [-0.2, 0) is 6.42 Å². The number of aryl methyl sites for hydroxylation is 1. The van der Waals surface area contributed by atoms with E-state index in [0.717, 1.165) is 35.1 Å². The molecule has 0 saturated heterocycles. The van der Waals surface area contributed by atoms with Crippen molar-refractivity contribution in [3.8, 4) is 11.8 Å². The lowest BCUT2D eigenvalue weighted by Gasteiger charge is -2.20. The van der Waals surface area contributed by atoms with Gasteiger partial charge in [-0.15, -0.1) is 0 Å². The number of methoxy groups -OCH3 is 1. The molecular weight excluding hydrogens is 328 g/mol. The third-order valence-corrected chi connectivity index (χ3v) is 4.26. The molecule has 4 N–H and O–H groups in total. The fourth-order valence-corrected chi connectivity index (χ4v) is 3.08. The quantitative estimate of drug-likeness (QED) is 0.654. The molecule has 26 heavy (non-hydrogen) atoms. The molecule has 0 saturated carbocycles. The molecule has 0 fully saturated rings. The van der Waals surface area contributed by atoms with Crippen molar-refractivity contribution in [1.29, 1.82) is 5.26 Å². The molecular formula is C20H18N4O2. The number of hydrogen-bond donors (Lipinski definition) is 2. The van der Waals surface area contributed by atoms with Crippen LogP contribution in [0, 0.1) is 11.3 Å². The van der Waals surface area contributed by atoms with E-state index in [1.807, 2.05) is 12.1 Å². The van der Waals surface area contributed by atoms with Gasteiger partial charge in [-0.3, -0.25) is 4.79 Å². The number of guanidine groups is 1. The minimum absolute atomic E-state index is 0.266. The topological polar surface area (TPSA) is 114 Å². The van der Waals surface area contributed by atoms with Crippen LogP contribution in [0.5, 0.6) is 5.75 Å². The van der Waals surface area contributed by atoms with Gasteiger partial charge in [-0.05, 0) is 59.9 Å².